The summed E-state index contributed by atoms with van der Waals surface area (Å²) in [5.74, 6) is 1.07. The maximum atomic E-state index is 12.6. The fourth-order valence-corrected chi connectivity index (χ4v) is 4.81. The summed E-state index contributed by atoms with van der Waals surface area (Å²) in [6, 6.07) is -0.0456. The monoisotopic (exact) mass is 310 g/mol. The molecule has 2 atom stereocenters. The second-order valence-corrected chi connectivity index (χ2v) is 7.75. The number of ether oxygens (including phenoxy) is 1. The SMILES string of the molecule is CC1OCCC1N(C)S(=O)(=O)N1CCC(CCl)CC1. The number of hydrogen-bond donors (Lipinski definition) is 0. The van der Waals surface area contributed by atoms with Crippen LogP contribution in [-0.2, 0) is 14.9 Å². The van der Waals surface area contributed by atoms with Gasteiger partial charge in [-0.15, -0.1) is 11.6 Å². The van der Waals surface area contributed by atoms with Crippen molar-refractivity contribution in [1.82, 2.24) is 8.61 Å². The van der Waals surface area contributed by atoms with Crippen LogP contribution in [0.1, 0.15) is 26.2 Å². The van der Waals surface area contributed by atoms with E-state index in [1.54, 1.807) is 11.4 Å². The van der Waals surface area contributed by atoms with Crippen molar-refractivity contribution in [1.29, 1.82) is 0 Å². The minimum Gasteiger partial charge on any atom is -0.377 e. The average molecular weight is 311 g/mol. The van der Waals surface area contributed by atoms with Gasteiger partial charge >= 0.3 is 0 Å². The van der Waals surface area contributed by atoms with E-state index in [2.05, 4.69) is 0 Å². The molecular formula is C12H23ClN2O3S. The summed E-state index contributed by atoms with van der Waals surface area (Å²) in [5.41, 5.74) is 0. The first-order chi connectivity index (χ1) is 8.96. The van der Waals surface area contributed by atoms with Crippen molar-refractivity contribution in [2.75, 3.05) is 32.6 Å². The first kappa shape index (κ1) is 15.5. The molecule has 2 saturated heterocycles. The zero-order valence-corrected chi connectivity index (χ0v) is 13.2. The quantitative estimate of drug-likeness (QED) is 0.735. The molecule has 5 nitrogen and oxygen atoms in total. The van der Waals surface area contributed by atoms with Crippen molar-refractivity contribution in [2.24, 2.45) is 5.92 Å². The highest BCUT2D eigenvalue weighted by molar-refractivity contribution is 7.86. The maximum Gasteiger partial charge on any atom is 0.282 e. The molecule has 0 aromatic heterocycles. The molecule has 2 aliphatic rings. The zero-order chi connectivity index (χ0) is 14.0. The Morgan fingerprint density at radius 3 is 2.42 bits per heavy atom. The Morgan fingerprint density at radius 2 is 1.95 bits per heavy atom. The fourth-order valence-electron chi connectivity index (χ4n) is 2.85. The Balaban J connectivity index is 2.01. The molecule has 0 aromatic rings. The van der Waals surface area contributed by atoms with E-state index in [-0.39, 0.29) is 12.1 Å². The van der Waals surface area contributed by atoms with Crippen molar-refractivity contribution in [3.8, 4) is 0 Å². The van der Waals surface area contributed by atoms with E-state index in [1.807, 2.05) is 6.92 Å². The van der Waals surface area contributed by atoms with E-state index in [0.717, 1.165) is 19.3 Å². The van der Waals surface area contributed by atoms with Gasteiger partial charge in [-0.25, -0.2) is 0 Å². The molecule has 0 aromatic carbocycles. The molecule has 7 heteroatoms. The van der Waals surface area contributed by atoms with Gasteiger partial charge < -0.3 is 4.74 Å². The molecule has 0 saturated carbocycles. The largest absolute Gasteiger partial charge is 0.377 e. The standard InChI is InChI=1S/C12H23ClN2O3S/c1-10-12(5-8-18-10)14(2)19(16,17)15-6-3-11(9-13)4-7-15/h10-12H,3-9H2,1-2H3. The van der Waals surface area contributed by atoms with Crippen LogP contribution in [0.15, 0.2) is 0 Å². The van der Waals surface area contributed by atoms with Crippen molar-refractivity contribution < 1.29 is 13.2 Å². The predicted octanol–water partition coefficient (Wildman–Crippen LogP) is 1.29. The van der Waals surface area contributed by atoms with Gasteiger partial charge in [0.25, 0.3) is 10.2 Å². The molecule has 112 valence electrons. The van der Waals surface area contributed by atoms with Gasteiger partial charge in [-0.1, -0.05) is 0 Å². The number of piperidine rings is 1. The van der Waals surface area contributed by atoms with Crippen molar-refractivity contribution >= 4 is 21.8 Å². The number of hydrogen-bond acceptors (Lipinski definition) is 3. The van der Waals surface area contributed by atoms with Crippen LogP contribution >= 0.6 is 11.6 Å². The topological polar surface area (TPSA) is 49.9 Å². The van der Waals surface area contributed by atoms with E-state index in [0.29, 0.717) is 31.5 Å². The normalized spacial score (nSPS) is 31.2. The van der Waals surface area contributed by atoms with Crippen molar-refractivity contribution in [3.05, 3.63) is 0 Å². The number of likely N-dealkylation sites (N-methyl/N-ethyl adjacent to an activating group) is 1. The molecule has 0 radical (unpaired) electrons. The van der Waals surface area contributed by atoms with Gasteiger partial charge in [-0.3, -0.25) is 0 Å². The predicted molar refractivity (Wildman–Crippen MR) is 75.5 cm³/mol. The van der Waals surface area contributed by atoms with Gasteiger partial charge in [0, 0.05) is 32.6 Å². The van der Waals surface area contributed by atoms with Crippen LogP contribution < -0.4 is 0 Å². The number of rotatable bonds is 4. The van der Waals surface area contributed by atoms with Gasteiger partial charge in [0.15, 0.2) is 0 Å². The molecule has 0 spiro atoms. The van der Waals surface area contributed by atoms with Crippen molar-refractivity contribution in [2.45, 2.75) is 38.3 Å². The zero-order valence-electron chi connectivity index (χ0n) is 11.6. The second kappa shape index (κ2) is 6.26. The summed E-state index contributed by atoms with van der Waals surface area (Å²) >= 11 is 5.83. The molecule has 2 fully saturated rings. The number of nitrogens with zero attached hydrogens (tertiary/aromatic N) is 2. The molecule has 2 heterocycles. The second-order valence-electron chi connectivity index (χ2n) is 5.45. The van der Waals surface area contributed by atoms with Gasteiger partial charge in [0.2, 0.25) is 0 Å². The van der Waals surface area contributed by atoms with Gasteiger partial charge in [0.1, 0.15) is 0 Å². The van der Waals surface area contributed by atoms with Gasteiger partial charge in [0.05, 0.1) is 12.1 Å². The summed E-state index contributed by atoms with van der Waals surface area (Å²) in [7, 11) is -1.70. The van der Waals surface area contributed by atoms with E-state index >= 15 is 0 Å². The Kier molecular flexibility index (Phi) is 5.11. The van der Waals surface area contributed by atoms with Gasteiger partial charge in [-0.2, -0.15) is 17.0 Å². The maximum absolute atomic E-state index is 12.6. The van der Waals surface area contributed by atoms with Crippen molar-refractivity contribution in [3.63, 3.8) is 0 Å². The Labute approximate surface area is 121 Å². The molecule has 2 unspecified atom stereocenters. The molecular weight excluding hydrogens is 288 g/mol. The minimum absolute atomic E-state index is 0.0276. The summed E-state index contributed by atoms with van der Waals surface area (Å²) < 4.78 is 33.7. The van der Waals surface area contributed by atoms with Gasteiger partial charge in [-0.05, 0) is 32.1 Å². The Bertz CT molecular complexity index is 396. The summed E-state index contributed by atoms with van der Waals surface area (Å²) in [5, 5.41) is 0. The highest BCUT2D eigenvalue weighted by Crippen LogP contribution is 2.26. The van der Waals surface area contributed by atoms with Crippen LogP contribution in [0.2, 0.25) is 0 Å². The highest BCUT2D eigenvalue weighted by atomic mass is 35.5. The lowest BCUT2D eigenvalue weighted by Gasteiger charge is -2.35. The lowest BCUT2D eigenvalue weighted by molar-refractivity contribution is 0.100. The van der Waals surface area contributed by atoms with E-state index in [4.69, 9.17) is 16.3 Å². The summed E-state index contributed by atoms with van der Waals surface area (Å²) in [4.78, 5) is 0. The Morgan fingerprint density at radius 1 is 1.32 bits per heavy atom. The van der Waals surface area contributed by atoms with Crippen LogP contribution in [0.25, 0.3) is 0 Å². The molecule has 2 rings (SSSR count). The summed E-state index contributed by atoms with van der Waals surface area (Å²) in [6.45, 7) is 3.72. The minimum atomic E-state index is -3.37. The fraction of sp³-hybridized carbons (Fsp3) is 1.00. The smallest absolute Gasteiger partial charge is 0.282 e. The van der Waals surface area contributed by atoms with E-state index < -0.39 is 10.2 Å². The molecule has 0 N–H and O–H groups in total. The third kappa shape index (κ3) is 3.24. The number of alkyl halides is 1. The molecule has 0 bridgehead atoms. The van der Waals surface area contributed by atoms with Crippen LogP contribution in [0.5, 0.6) is 0 Å². The first-order valence-electron chi connectivity index (χ1n) is 6.87. The highest BCUT2D eigenvalue weighted by Gasteiger charge is 2.38. The lowest BCUT2D eigenvalue weighted by Crippen LogP contribution is -2.50. The van der Waals surface area contributed by atoms with E-state index in [9.17, 15) is 8.42 Å². The molecule has 0 aliphatic carbocycles. The van der Waals surface area contributed by atoms with Crippen LogP contribution in [0.4, 0.5) is 0 Å². The molecule has 2 aliphatic heterocycles. The molecule has 19 heavy (non-hydrogen) atoms. The van der Waals surface area contributed by atoms with Crippen LogP contribution in [-0.4, -0.2) is 61.8 Å². The Hall–Kier alpha value is 0.120. The summed E-state index contributed by atoms with van der Waals surface area (Å²) in [6.07, 6.45) is 2.45. The van der Waals surface area contributed by atoms with Crippen LogP contribution in [0, 0.1) is 5.92 Å². The lowest BCUT2D eigenvalue weighted by atomic mass is 10.0. The van der Waals surface area contributed by atoms with E-state index in [1.165, 1.54) is 4.31 Å². The number of halogens is 1. The first-order valence-corrected chi connectivity index (χ1v) is 8.80. The average Bonchev–Trinajstić information content (AvgIpc) is 2.84. The van der Waals surface area contributed by atoms with Crippen LogP contribution in [0.3, 0.4) is 0 Å². The third-order valence-electron chi connectivity index (χ3n) is 4.29. The molecule has 0 amide bonds. The third-order valence-corrected chi connectivity index (χ3v) is 6.74.